The number of urea groups is 2. The van der Waals surface area contributed by atoms with E-state index in [1.807, 2.05) is 48.5 Å². The van der Waals surface area contributed by atoms with E-state index in [9.17, 15) is 9.59 Å². The molecule has 0 fully saturated rings. The highest BCUT2D eigenvalue weighted by Crippen LogP contribution is 2.17. The molecule has 0 saturated carbocycles. The average molecular weight is 620 g/mol. The molecular formula is C21H26I2N4O2. The number of amides is 4. The summed E-state index contributed by atoms with van der Waals surface area (Å²) in [5.74, 6) is 0. The highest BCUT2D eigenvalue weighted by molar-refractivity contribution is 14.1. The molecule has 2 aromatic rings. The second-order valence-corrected chi connectivity index (χ2v) is 8.58. The Bertz CT molecular complexity index is 736. The van der Waals surface area contributed by atoms with Gasteiger partial charge in [-0.05, 0) is 54.7 Å². The number of benzene rings is 2. The molecule has 0 aliphatic carbocycles. The third kappa shape index (κ3) is 9.66. The lowest BCUT2D eigenvalue weighted by Crippen LogP contribution is -2.29. The summed E-state index contributed by atoms with van der Waals surface area (Å²) in [5.41, 5.74) is 3.69. The molecule has 29 heavy (non-hydrogen) atoms. The first-order valence-corrected chi connectivity index (χ1v) is 12.6. The van der Waals surface area contributed by atoms with Crippen LogP contribution in [-0.4, -0.2) is 34.0 Å². The molecule has 0 saturated heterocycles. The first-order valence-electron chi connectivity index (χ1n) is 9.50. The van der Waals surface area contributed by atoms with E-state index in [1.54, 1.807) is 0 Å². The number of halogens is 2. The fourth-order valence-corrected chi connectivity index (χ4v) is 3.40. The van der Waals surface area contributed by atoms with Crippen molar-refractivity contribution in [3.05, 3.63) is 59.7 Å². The Hall–Kier alpha value is -1.56. The van der Waals surface area contributed by atoms with Gasteiger partial charge in [0.2, 0.25) is 0 Å². The number of alkyl halides is 2. The summed E-state index contributed by atoms with van der Waals surface area (Å²) in [7, 11) is 0. The van der Waals surface area contributed by atoms with E-state index in [0.29, 0.717) is 19.5 Å². The third-order valence-corrected chi connectivity index (χ3v) is 5.50. The maximum Gasteiger partial charge on any atom is 0.319 e. The zero-order valence-corrected chi connectivity index (χ0v) is 20.5. The van der Waals surface area contributed by atoms with E-state index in [4.69, 9.17) is 0 Å². The van der Waals surface area contributed by atoms with Gasteiger partial charge in [-0.2, -0.15) is 0 Å². The number of anilines is 2. The fraction of sp³-hybridized carbons (Fsp3) is 0.333. The molecule has 0 radical (unpaired) electrons. The van der Waals surface area contributed by atoms with E-state index >= 15 is 0 Å². The van der Waals surface area contributed by atoms with Gasteiger partial charge in [-0.1, -0.05) is 69.4 Å². The molecule has 2 aromatic carbocycles. The number of carbonyl (C=O) groups is 2. The lowest BCUT2D eigenvalue weighted by atomic mass is 10.0. The van der Waals surface area contributed by atoms with Gasteiger partial charge >= 0.3 is 12.1 Å². The Morgan fingerprint density at radius 3 is 1.59 bits per heavy atom. The molecule has 0 aliphatic heterocycles. The van der Waals surface area contributed by atoms with Gasteiger partial charge in [-0.15, -0.1) is 0 Å². The van der Waals surface area contributed by atoms with Crippen molar-refractivity contribution in [1.82, 2.24) is 10.6 Å². The molecule has 8 heteroatoms. The van der Waals surface area contributed by atoms with Crippen molar-refractivity contribution >= 4 is 68.6 Å². The van der Waals surface area contributed by atoms with Gasteiger partial charge in [0.05, 0.1) is 0 Å². The van der Waals surface area contributed by atoms with Crippen LogP contribution in [0.25, 0.3) is 0 Å². The number of rotatable bonds is 10. The first kappa shape index (κ1) is 23.7. The maximum atomic E-state index is 11.9. The molecular weight excluding hydrogens is 594 g/mol. The standard InChI is InChI=1S/C21H26I2N4O2/c22-9-3-11-24-20(28)26-18-7-1-5-16(14-18)13-17-6-2-8-19(15-17)27-21(29)25-12-4-10-23/h1-2,5-8,14-15H,3-4,9-13H2,(H2,24,26,28)(H2,25,27,29). The largest absolute Gasteiger partial charge is 0.338 e. The molecule has 6 nitrogen and oxygen atoms in total. The number of carbonyl (C=O) groups excluding carboxylic acids is 2. The average Bonchev–Trinajstić information content (AvgIpc) is 2.69. The van der Waals surface area contributed by atoms with Gasteiger partial charge in [0.15, 0.2) is 0 Å². The third-order valence-electron chi connectivity index (χ3n) is 3.97. The topological polar surface area (TPSA) is 82.3 Å². The molecule has 4 amide bonds. The van der Waals surface area contributed by atoms with E-state index in [0.717, 1.165) is 44.2 Å². The van der Waals surface area contributed by atoms with Crippen molar-refractivity contribution in [3.63, 3.8) is 0 Å². The van der Waals surface area contributed by atoms with Crippen molar-refractivity contribution in [2.24, 2.45) is 0 Å². The normalized spacial score (nSPS) is 10.3. The van der Waals surface area contributed by atoms with Crippen LogP contribution in [-0.2, 0) is 6.42 Å². The number of nitrogens with one attached hydrogen (secondary N) is 4. The Labute approximate surface area is 199 Å². The van der Waals surface area contributed by atoms with Gasteiger partial charge in [0.1, 0.15) is 0 Å². The van der Waals surface area contributed by atoms with Crippen molar-refractivity contribution in [1.29, 1.82) is 0 Å². The molecule has 0 heterocycles. The summed E-state index contributed by atoms with van der Waals surface area (Å²) in [5, 5.41) is 11.4. The van der Waals surface area contributed by atoms with Crippen LogP contribution in [0.15, 0.2) is 48.5 Å². The monoisotopic (exact) mass is 620 g/mol. The Balaban J connectivity index is 1.92. The molecule has 0 spiro atoms. The summed E-state index contributed by atoms with van der Waals surface area (Å²) < 4.78 is 2.03. The minimum absolute atomic E-state index is 0.188. The molecule has 156 valence electrons. The molecule has 2 rings (SSSR count). The van der Waals surface area contributed by atoms with Gasteiger partial charge in [-0.3, -0.25) is 0 Å². The predicted octanol–water partition coefficient (Wildman–Crippen LogP) is 5.17. The van der Waals surface area contributed by atoms with Gasteiger partial charge in [0.25, 0.3) is 0 Å². The minimum atomic E-state index is -0.188. The van der Waals surface area contributed by atoms with Gasteiger partial charge < -0.3 is 21.3 Å². The summed E-state index contributed by atoms with van der Waals surface area (Å²) in [6.07, 6.45) is 2.61. The molecule has 0 bridgehead atoms. The van der Waals surface area contributed by atoms with Crippen LogP contribution < -0.4 is 21.3 Å². The van der Waals surface area contributed by atoms with E-state index in [-0.39, 0.29) is 12.1 Å². The van der Waals surface area contributed by atoms with Crippen molar-refractivity contribution in [2.45, 2.75) is 19.3 Å². The lowest BCUT2D eigenvalue weighted by Gasteiger charge is -2.10. The quantitative estimate of drug-likeness (QED) is 0.168. The SMILES string of the molecule is O=C(NCCCI)Nc1cccc(Cc2cccc(NC(=O)NCCCI)c2)c1. The second-order valence-electron chi connectivity index (χ2n) is 6.42. The summed E-state index contributed by atoms with van der Waals surface area (Å²) in [6, 6.07) is 15.2. The smallest absolute Gasteiger partial charge is 0.319 e. The van der Waals surface area contributed by atoms with Crippen molar-refractivity contribution in [2.75, 3.05) is 32.6 Å². The summed E-state index contributed by atoms with van der Waals surface area (Å²) in [4.78, 5) is 23.9. The Morgan fingerprint density at radius 2 is 1.17 bits per heavy atom. The van der Waals surface area contributed by atoms with Crippen molar-refractivity contribution in [3.8, 4) is 0 Å². The van der Waals surface area contributed by atoms with Crippen LogP contribution in [0.4, 0.5) is 21.0 Å². The van der Waals surface area contributed by atoms with Crippen LogP contribution in [0, 0.1) is 0 Å². The molecule has 0 atom stereocenters. The highest BCUT2D eigenvalue weighted by Gasteiger charge is 2.05. The van der Waals surface area contributed by atoms with E-state index in [1.165, 1.54) is 0 Å². The van der Waals surface area contributed by atoms with E-state index in [2.05, 4.69) is 66.4 Å². The molecule has 4 N–H and O–H groups in total. The van der Waals surface area contributed by atoms with E-state index < -0.39 is 0 Å². The van der Waals surface area contributed by atoms with Crippen LogP contribution in [0.5, 0.6) is 0 Å². The maximum absolute atomic E-state index is 11.9. The lowest BCUT2D eigenvalue weighted by molar-refractivity contribution is 0.251. The number of hydrogen-bond acceptors (Lipinski definition) is 2. The molecule has 0 aromatic heterocycles. The fourth-order valence-electron chi connectivity index (χ4n) is 2.64. The van der Waals surface area contributed by atoms with Crippen LogP contribution in [0.3, 0.4) is 0 Å². The number of hydrogen-bond donors (Lipinski definition) is 4. The van der Waals surface area contributed by atoms with Gasteiger partial charge in [0, 0.05) is 33.3 Å². The molecule has 0 aliphatic rings. The zero-order chi connectivity index (χ0) is 20.9. The summed E-state index contributed by atoms with van der Waals surface area (Å²) >= 11 is 4.58. The highest BCUT2D eigenvalue weighted by atomic mass is 127. The Kier molecular flexibility index (Phi) is 11.1. The van der Waals surface area contributed by atoms with Crippen molar-refractivity contribution < 1.29 is 9.59 Å². The Morgan fingerprint density at radius 1 is 0.724 bits per heavy atom. The van der Waals surface area contributed by atoms with Gasteiger partial charge in [-0.25, -0.2) is 9.59 Å². The van der Waals surface area contributed by atoms with Crippen LogP contribution in [0.1, 0.15) is 24.0 Å². The molecule has 0 unspecified atom stereocenters. The predicted molar refractivity (Wildman–Crippen MR) is 137 cm³/mol. The summed E-state index contributed by atoms with van der Waals surface area (Å²) in [6.45, 7) is 1.33. The second kappa shape index (κ2) is 13.6. The van der Waals surface area contributed by atoms with Crippen LogP contribution >= 0.6 is 45.2 Å². The van der Waals surface area contributed by atoms with Crippen LogP contribution in [0.2, 0.25) is 0 Å². The zero-order valence-electron chi connectivity index (χ0n) is 16.1. The first-order chi connectivity index (χ1) is 14.1. The minimum Gasteiger partial charge on any atom is -0.338 e.